The van der Waals surface area contributed by atoms with Crippen LogP contribution < -0.4 is 9.30 Å². The molecule has 2 aromatic rings. The van der Waals surface area contributed by atoms with Gasteiger partial charge < -0.3 is 14.2 Å². The topological polar surface area (TPSA) is 31.6 Å². The number of rotatable bonds is 7. The van der Waals surface area contributed by atoms with Crippen LogP contribution in [0.1, 0.15) is 11.1 Å². The summed E-state index contributed by atoms with van der Waals surface area (Å²) in [6.45, 7) is 3.81. The fraction of sp³-hybridized carbons (Fsp3) is 0.211. The lowest BCUT2D eigenvalue weighted by Crippen LogP contribution is -2.25. The molecule has 4 nitrogen and oxygen atoms in total. The summed E-state index contributed by atoms with van der Waals surface area (Å²) in [6, 6.07) is 11.9. The first kappa shape index (κ1) is 16.9. The maximum atomic E-state index is 5.62. The highest BCUT2D eigenvalue weighted by Gasteiger charge is 2.12. The highest BCUT2D eigenvalue weighted by Crippen LogP contribution is 2.18. The largest absolute Gasteiger partial charge is 0.457 e. The zero-order valence-corrected chi connectivity index (χ0v) is 13.7. The van der Waals surface area contributed by atoms with Gasteiger partial charge in [-0.2, -0.15) is 0 Å². The van der Waals surface area contributed by atoms with Crippen LogP contribution in [0, 0.1) is 0 Å². The third-order valence-electron chi connectivity index (χ3n) is 3.29. The van der Waals surface area contributed by atoms with Gasteiger partial charge in [-0.3, -0.25) is 0 Å². The second-order valence-electron chi connectivity index (χ2n) is 5.07. The molecule has 0 aliphatic rings. The molecule has 0 unspecified atom stereocenters. The number of aromatic nitrogens is 1. The summed E-state index contributed by atoms with van der Waals surface area (Å²) < 4.78 is 17.8. The highest BCUT2D eigenvalue weighted by molar-refractivity contribution is 5.69. The second-order valence-corrected chi connectivity index (χ2v) is 5.07. The van der Waals surface area contributed by atoms with Crippen LogP contribution >= 0.6 is 0 Å². The van der Waals surface area contributed by atoms with E-state index in [0.717, 1.165) is 11.1 Å². The van der Waals surface area contributed by atoms with E-state index in [1.165, 1.54) is 0 Å². The van der Waals surface area contributed by atoms with Gasteiger partial charge in [0.1, 0.15) is 12.8 Å². The number of hydrogen-bond acceptors (Lipinski definition) is 3. The number of nitrogens with zero attached hydrogens (tertiary/aromatic N) is 1. The molecule has 120 valence electrons. The first-order valence-corrected chi connectivity index (χ1v) is 7.28. The van der Waals surface area contributed by atoms with Crippen molar-refractivity contribution in [3.05, 3.63) is 72.3 Å². The van der Waals surface area contributed by atoms with Crippen molar-refractivity contribution >= 4 is 12.2 Å². The quantitative estimate of drug-likeness (QED) is 0.447. The van der Waals surface area contributed by atoms with Crippen molar-refractivity contribution in [3.63, 3.8) is 0 Å². The molecule has 1 heterocycles. The van der Waals surface area contributed by atoms with Crippen molar-refractivity contribution in [3.8, 4) is 5.75 Å². The van der Waals surface area contributed by atoms with Crippen LogP contribution in [-0.2, 0) is 16.5 Å². The van der Waals surface area contributed by atoms with Crippen LogP contribution in [-0.4, -0.2) is 20.5 Å². The molecule has 23 heavy (non-hydrogen) atoms. The molecule has 0 amide bonds. The highest BCUT2D eigenvalue weighted by atomic mass is 16.7. The second kappa shape index (κ2) is 8.27. The van der Waals surface area contributed by atoms with Gasteiger partial charge in [0.15, 0.2) is 18.2 Å². The van der Waals surface area contributed by atoms with E-state index < -0.39 is 6.29 Å². The van der Waals surface area contributed by atoms with Gasteiger partial charge in [0, 0.05) is 26.4 Å². The average Bonchev–Trinajstić information content (AvgIpc) is 2.57. The third-order valence-corrected chi connectivity index (χ3v) is 3.29. The Labute approximate surface area is 137 Å². The summed E-state index contributed by atoms with van der Waals surface area (Å²) in [5, 5.41) is 0. The fourth-order valence-electron chi connectivity index (χ4n) is 2.02. The summed E-state index contributed by atoms with van der Waals surface area (Å²) in [5.41, 5.74) is 2.24. The Hall–Kier alpha value is -2.43. The van der Waals surface area contributed by atoms with Crippen molar-refractivity contribution in [1.82, 2.24) is 0 Å². The standard InChI is InChI=1S/C19H22NO3/c1-15(19(21-3)22-4)23-18-9-7-16(8-10-18)5-6-17-11-13-20(2)14-12-17/h5-14,19H,1H2,2-4H3/q+1/b6-5+. The molecule has 0 spiro atoms. The van der Waals surface area contributed by atoms with E-state index >= 15 is 0 Å². The summed E-state index contributed by atoms with van der Waals surface area (Å²) in [4.78, 5) is 0. The third kappa shape index (κ3) is 5.06. The van der Waals surface area contributed by atoms with E-state index in [-0.39, 0.29) is 0 Å². The number of aryl methyl sites for hydroxylation is 1. The van der Waals surface area contributed by atoms with E-state index in [0.29, 0.717) is 11.5 Å². The Bertz CT molecular complexity index is 656. The molecule has 2 rings (SSSR count). The minimum atomic E-state index is -0.575. The van der Waals surface area contributed by atoms with Gasteiger partial charge in [0.05, 0.1) is 0 Å². The molecule has 1 aromatic heterocycles. The maximum absolute atomic E-state index is 5.62. The van der Waals surface area contributed by atoms with Gasteiger partial charge in [0.2, 0.25) is 6.29 Å². The van der Waals surface area contributed by atoms with Crippen LogP contribution in [0.4, 0.5) is 0 Å². The SMILES string of the molecule is C=C(Oc1ccc(/C=C/c2cc[n+](C)cc2)cc1)C(OC)OC. The predicted molar refractivity (Wildman–Crippen MR) is 90.6 cm³/mol. The van der Waals surface area contributed by atoms with Crippen molar-refractivity contribution in [1.29, 1.82) is 0 Å². The molecule has 0 bridgehead atoms. The number of methoxy groups -OCH3 is 2. The number of hydrogen-bond donors (Lipinski definition) is 0. The van der Waals surface area contributed by atoms with Gasteiger partial charge >= 0.3 is 0 Å². The van der Waals surface area contributed by atoms with E-state index in [2.05, 4.69) is 30.9 Å². The molecule has 0 radical (unpaired) electrons. The molecule has 0 saturated carbocycles. The Kier molecular flexibility index (Phi) is 6.09. The minimum absolute atomic E-state index is 0.412. The molecule has 0 N–H and O–H groups in total. The fourth-order valence-corrected chi connectivity index (χ4v) is 2.02. The Balaban J connectivity index is 1.99. The zero-order chi connectivity index (χ0) is 16.7. The van der Waals surface area contributed by atoms with Gasteiger partial charge in [-0.1, -0.05) is 30.9 Å². The molecule has 0 fully saturated rings. The Morgan fingerprint density at radius 1 is 0.957 bits per heavy atom. The smallest absolute Gasteiger partial charge is 0.216 e. The lowest BCUT2D eigenvalue weighted by Gasteiger charge is -2.16. The first-order valence-electron chi connectivity index (χ1n) is 7.28. The number of pyridine rings is 1. The molecular formula is C19H22NO3+. The molecular weight excluding hydrogens is 290 g/mol. The Morgan fingerprint density at radius 3 is 2.00 bits per heavy atom. The van der Waals surface area contributed by atoms with E-state index in [9.17, 15) is 0 Å². The molecule has 4 heteroatoms. The van der Waals surface area contributed by atoms with Crippen molar-refractivity contribution in [2.45, 2.75) is 6.29 Å². The lowest BCUT2D eigenvalue weighted by atomic mass is 10.1. The zero-order valence-electron chi connectivity index (χ0n) is 13.7. The number of ether oxygens (including phenoxy) is 3. The Morgan fingerprint density at radius 2 is 1.48 bits per heavy atom. The van der Waals surface area contributed by atoms with Gasteiger partial charge in [-0.25, -0.2) is 4.57 Å². The summed E-state index contributed by atoms with van der Waals surface area (Å²) in [7, 11) is 5.08. The van der Waals surface area contributed by atoms with E-state index in [1.54, 1.807) is 14.2 Å². The predicted octanol–water partition coefficient (Wildman–Crippen LogP) is 3.19. The monoisotopic (exact) mass is 312 g/mol. The molecule has 1 aromatic carbocycles. The van der Waals surface area contributed by atoms with Crippen LogP contribution in [0.2, 0.25) is 0 Å². The van der Waals surface area contributed by atoms with Gasteiger partial charge in [0.25, 0.3) is 0 Å². The van der Waals surface area contributed by atoms with E-state index in [4.69, 9.17) is 14.2 Å². The summed E-state index contributed by atoms with van der Waals surface area (Å²) in [5.74, 6) is 1.11. The summed E-state index contributed by atoms with van der Waals surface area (Å²) >= 11 is 0. The molecule has 0 atom stereocenters. The van der Waals surface area contributed by atoms with Gasteiger partial charge in [-0.05, 0) is 23.3 Å². The van der Waals surface area contributed by atoms with Crippen molar-refractivity contribution < 1.29 is 18.8 Å². The minimum Gasteiger partial charge on any atom is -0.457 e. The summed E-state index contributed by atoms with van der Waals surface area (Å²) in [6.07, 6.45) is 7.59. The van der Waals surface area contributed by atoms with Crippen molar-refractivity contribution in [2.24, 2.45) is 7.05 Å². The molecule has 0 aliphatic heterocycles. The van der Waals surface area contributed by atoms with Crippen molar-refractivity contribution in [2.75, 3.05) is 14.2 Å². The maximum Gasteiger partial charge on any atom is 0.216 e. The lowest BCUT2D eigenvalue weighted by molar-refractivity contribution is -0.671. The van der Waals surface area contributed by atoms with Crippen LogP contribution in [0.5, 0.6) is 5.75 Å². The average molecular weight is 312 g/mol. The van der Waals surface area contributed by atoms with Crippen LogP contribution in [0.25, 0.3) is 12.2 Å². The van der Waals surface area contributed by atoms with Crippen LogP contribution in [0.3, 0.4) is 0 Å². The number of benzene rings is 1. The normalized spacial score (nSPS) is 11.1. The van der Waals surface area contributed by atoms with Gasteiger partial charge in [-0.15, -0.1) is 0 Å². The van der Waals surface area contributed by atoms with Crippen LogP contribution in [0.15, 0.2) is 61.1 Å². The molecule has 0 aliphatic carbocycles. The van der Waals surface area contributed by atoms with E-state index in [1.807, 2.05) is 48.3 Å². The molecule has 0 saturated heterocycles. The first-order chi connectivity index (χ1) is 11.1.